The second-order valence-electron chi connectivity index (χ2n) is 6.63. The van der Waals surface area contributed by atoms with E-state index in [0.29, 0.717) is 18.0 Å². The number of nitrogens with one attached hydrogen (secondary N) is 1. The minimum Gasteiger partial charge on any atom is -0.489 e. The van der Waals surface area contributed by atoms with E-state index in [1.165, 1.54) is 4.52 Å². The molecule has 0 aliphatic heterocycles. The Morgan fingerprint density at radius 2 is 1.97 bits per heavy atom. The zero-order valence-electron chi connectivity index (χ0n) is 16.5. The summed E-state index contributed by atoms with van der Waals surface area (Å²) >= 11 is 6.21. The van der Waals surface area contributed by atoms with Gasteiger partial charge in [0.15, 0.2) is 0 Å². The second-order valence-corrected chi connectivity index (χ2v) is 8.61. The van der Waals surface area contributed by atoms with E-state index < -0.39 is 15.2 Å². The lowest BCUT2D eigenvalue weighted by Crippen LogP contribution is -2.17. The number of hydrogen-bond donors (Lipinski definition) is 1. The molecule has 1 aromatic carbocycles. The van der Waals surface area contributed by atoms with E-state index in [1.54, 1.807) is 38.1 Å². The highest BCUT2D eigenvalue weighted by atomic mass is 35.5. The average molecular weight is 440 g/mol. The first-order valence-corrected chi connectivity index (χ1v) is 10.8. The van der Waals surface area contributed by atoms with Crippen LogP contribution >= 0.6 is 11.6 Å². The van der Waals surface area contributed by atoms with Crippen LogP contribution in [0.5, 0.6) is 5.75 Å². The summed E-state index contributed by atoms with van der Waals surface area (Å²) in [5.41, 5.74) is 1.54. The molecule has 0 aliphatic carbocycles. The summed E-state index contributed by atoms with van der Waals surface area (Å²) in [6.45, 7) is 8.01. The number of halogens is 1. The van der Waals surface area contributed by atoms with Gasteiger partial charge in [-0.25, -0.2) is 9.50 Å². The van der Waals surface area contributed by atoms with E-state index in [4.69, 9.17) is 21.1 Å². The van der Waals surface area contributed by atoms with Crippen LogP contribution in [-0.4, -0.2) is 47.3 Å². The molecule has 0 bridgehead atoms. The number of nitrogens with zero attached hydrogens (tertiary/aromatic N) is 4. The van der Waals surface area contributed by atoms with E-state index in [-0.39, 0.29) is 34.9 Å². The van der Waals surface area contributed by atoms with E-state index in [9.17, 15) is 8.42 Å². The smallest absolute Gasteiger partial charge is 0.299 e. The Labute approximate surface area is 174 Å². The summed E-state index contributed by atoms with van der Waals surface area (Å²) in [5.74, 6) is 0.478. The van der Waals surface area contributed by atoms with Crippen LogP contribution in [0.1, 0.15) is 25.2 Å². The van der Waals surface area contributed by atoms with Gasteiger partial charge in [0.1, 0.15) is 18.0 Å². The highest BCUT2D eigenvalue weighted by Gasteiger charge is 2.24. The first-order valence-electron chi connectivity index (χ1n) is 8.94. The number of rotatable bonds is 8. The Hall–Kier alpha value is -2.43. The molecule has 3 aromatic rings. The molecule has 11 heteroatoms. The predicted molar refractivity (Wildman–Crippen MR) is 109 cm³/mol. The zero-order valence-corrected chi connectivity index (χ0v) is 18.1. The van der Waals surface area contributed by atoms with E-state index in [2.05, 4.69) is 19.8 Å². The van der Waals surface area contributed by atoms with Gasteiger partial charge in [0.05, 0.1) is 17.7 Å². The van der Waals surface area contributed by atoms with E-state index in [0.717, 1.165) is 0 Å². The van der Waals surface area contributed by atoms with Gasteiger partial charge in [-0.1, -0.05) is 17.7 Å². The minimum atomic E-state index is -4.12. The van der Waals surface area contributed by atoms with Crippen molar-refractivity contribution in [1.82, 2.24) is 19.6 Å². The monoisotopic (exact) mass is 439 g/mol. The van der Waals surface area contributed by atoms with Crippen LogP contribution in [0, 0.1) is 13.8 Å². The third-order valence-electron chi connectivity index (χ3n) is 3.84. The first-order chi connectivity index (χ1) is 13.7. The van der Waals surface area contributed by atoms with Crippen molar-refractivity contribution in [3.8, 4) is 5.75 Å². The van der Waals surface area contributed by atoms with Gasteiger partial charge in [-0.2, -0.15) is 13.4 Å². The van der Waals surface area contributed by atoms with Crippen molar-refractivity contribution in [3.63, 3.8) is 0 Å². The molecular formula is C18H22ClN5O4S. The third kappa shape index (κ3) is 4.95. The predicted octanol–water partition coefficient (Wildman–Crippen LogP) is 3.00. The molecule has 3 rings (SSSR count). The maximum atomic E-state index is 12.9. The van der Waals surface area contributed by atoms with E-state index in [1.807, 2.05) is 13.8 Å². The summed E-state index contributed by atoms with van der Waals surface area (Å²) in [5, 5.41) is 3.84. The maximum Gasteiger partial charge on any atom is 0.299 e. The van der Waals surface area contributed by atoms with Crippen LogP contribution in [-0.2, 0) is 14.8 Å². The Morgan fingerprint density at radius 1 is 1.21 bits per heavy atom. The number of benzene rings is 1. The van der Waals surface area contributed by atoms with Gasteiger partial charge in [0.2, 0.25) is 0 Å². The molecule has 0 atom stereocenters. The number of hydrogen-bond acceptors (Lipinski definition) is 7. The average Bonchev–Trinajstić information content (AvgIpc) is 3.06. The van der Waals surface area contributed by atoms with Crippen molar-refractivity contribution in [2.75, 3.05) is 17.9 Å². The summed E-state index contributed by atoms with van der Waals surface area (Å²) in [6, 6.07) is 6.62. The highest BCUT2D eigenvalue weighted by molar-refractivity contribution is 7.92. The largest absolute Gasteiger partial charge is 0.489 e. The molecule has 2 heterocycles. The number of aryl methyl sites for hydroxylation is 2. The van der Waals surface area contributed by atoms with Crippen molar-refractivity contribution in [2.24, 2.45) is 0 Å². The molecular weight excluding hydrogens is 418 g/mol. The van der Waals surface area contributed by atoms with Gasteiger partial charge in [0.25, 0.3) is 21.0 Å². The van der Waals surface area contributed by atoms with Crippen molar-refractivity contribution in [3.05, 3.63) is 40.7 Å². The lowest BCUT2D eigenvalue weighted by molar-refractivity contribution is 0.0554. The Kier molecular flexibility index (Phi) is 6.25. The van der Waals surface area contributed by atoms with Gasteiger partial charge < -0.3 is 9.47 Å². The first kappa shape index (κ1) is 21.3. The Morgan fingerprint density at radius 3 is 2.69 bits per heavy atom. The molecule has 2 aromatic heterocycles. The van der Waals surface area contributed by atoms with Gasteiger partial charge in [0, 0.05) is 11.4 Å². The molecule has 1 N–H and O–H groups in total. The highest BCUT2D eigenvalue weighted by Crippen LogP contribution is 2.33. The van der Waals surface area contributed by atoms with Crippen LogP contribution in [0.25, 0.3) is 5.78 Å². The van der Waals surface area contributed by atoms with Crippen LogP contribution in [0.2, 0.25) is 5.02 Å². The Balaban J connectivity index is 1.88. The summed E-state index contributed by atoms with van der Waals surface area (Å²) < 4.78 is 40.6. The fourth-order valence-electron chi connectivity index (χ4n) is 2.60. The van der Waals surface area contributed by atoms with Crippen LogP contribution in [0.3, 0.4) is 0 Å². The Bertz CT molecular complexity index is 1130. The number of anilines is 1. The lowest BCUT2D eigenvalue weighted by Gasteiger charge is -2.14. The molecule has 29 heavy (non-hydrogen) atoms. The van der Waals surface area contributed by atoms with Gasteiger partial charge in [-0.15, -0.1) is 5.10 Å². The van der Waals surface area contributed by atoms with E-state index >= 15 is 0 Å². The van der Waals surface area contributed by atoms with Crippen molar-refractivity contribution >= 4 is 33.1 Å². The molecule has 9 nitrogen and oxygen atoms in total. The number of sulfonamides is 1. The molecule has 0 saturated heterocycles. The van der Waals surface area contributed by atoms with Crippen LogP contribution in [0.15, 0.2) is 29.4 Å². The number of ether oxygens (including phenoxy) is 2. The second kappa shape index (κ2) is 8.52. The fourth-order valence-corrected chi connectivity index (χ4v) is 3.83. The molecule has 0 unspecified atom stereocenters. The van der Waals surface area contributed by atoms with Crippen LogP contribution in [0.4, 0.5) is 5.69 Å². The van der Waals surface area contributed by atoms with Gasteiger partial charge in [-0.05, 0) is 45.9 Å². The zero-order chi connectivity index (χ0) is 21.2. The summed E-state index contributed by atoms with van der Waals surface area (Å²) in [4.78, 5) is 8.25. The minimum absolute atomic E-state index is 0.0674. The molecule has 0 aliphatic rings. The number of fused-ring (bicyclic) bond motifs is 1. The molecule has 0 saturated carbocycles. The molecule has 156 valence electrons. The van der Waals surface area contributed by atoms with Crippen molar-refractivity contribution in [2.45, 2.75) is 39.0 Å². The number of para-hydroxylation sites is 1. The van der Waals surface area contributed by atoms with Gasteiger partial charge >= 0.3 is 0 Å². The summed E-state index contributed by atoms with van der Waals surface area (Å²) in [6.07, 6.45) is 0.0674. The van der Waals surface area contributed by atoms with Crippen LogP contribution < -0.4 is 9.46 Å². The standard InChI is InChI=1S/C18H22ClN5O4S/c1-11(2)27-8-9-28-15-7-5-6-14(19)16(15)23-29(25,26)18-21-17-20-12(3)10-13(4)24(17)22-18/h5-7,10-11,23H,8-9H2,1-4H3. The van der Waals surface area contributed by atoms with Crippen molar-refractivity contribution < 1.29 is 17.9 Å². The number of aromatic nitrogens is 4. The van der Waals surface area contributed by atoms with Gasteiger partial charge in [-0.3, -0.25) is 4.72 Å². The molecule has 0 radical (unpaired) electrons. The maximum absolute atomic E-state index is 12.9. The summed E-state index contributed by atoms with van der Waals surface area (Å²) in [7, 11) is -4.12. The quantitative estimate of drug-likeness (QED) is 0.537. The molecule has 0 spiro atoms. The third-order valence-corrected chi connectivity index (χ3v) is 5.28. The topological polar surface area (TPSA) is 108 Å². The molecule has 0 amide bonds. The normalized spacial score (nSPS) is 11.9. The SMILES string of the molecule is Cc1cc(C)n2nc(S(=O)(=O)Nc3c(Cl)cccc3OCCOC(C)C)nc2n1. The lowest BCUT2D eigenvalue weighted by atomic mass is 10.3. The fraction of sp³-hybridized carbons (Fsp3) is 0.389. The van der Waals surface area contributed by atoms with Crippen molar-refractivity contribution in [1.29, 1.82) is 0 Å². The molecule has 0 fully saturated rings.